The Labute approximate surface area is 107 Å². The zero-order valence-electron chi connectivity index (χ0n) is 10.0. The van der Waals surface area contributed by atoms with Gasteiger partial charge >= 0.3 is 0 Å². The summed E-state index contributed by atoms with van der Waals surface area (Å²) in [4.78, 5) is 3.18. The van der Waals surface area contributed by atoms with Crippen molar-refractivity contribution in [2.24, 2.45) is 0 Å². The van der Waals surface area contributed by atoms with Gasteiger partial charge in [-0.3, -0.25) is 0 Å². The average Bonchev–Trinajstić information content (AvgIpc) is 2.74. The lowest BCUT2D eigenvalue weighted by molar-refractivity contribution is 0.0910. The van der Waals surface area contributed by atoms with Crippen LogP contribution in [0.2, 0.25) is 5.02 Å². The molecule has 1 heterocycles. The zero-order chi connectivity index (χ0) is 12.3. The molecule has 0 radical (unpaired) electrons. The van der Waals surface area contributed by atoms with Gasteiger partial charge in [0, 0.05) is 29.1 Å². The van der Waals surface area contributed by atoms with Crippen LogP contribution in [0.1, 0.15) is 29.8 Å². The van der Waals surface area contributed by atoms with E-state index >= 15 is 0 Å². The molecular formula is C14H16ClNO. The Morgan fingerprint density at radius 3 is 2.47 bits per heavy atom. The standard InChI is InChI=1S/C14H16ClNO/c1-3-17-14(13-8-9-16-10(13)2)11-4-6-12(15)7-5-11/h4-9,14,16H,3H2,1-2H3. The van der Waals surface area contributed by atoms with E-state index in [-0.39, 0.29) is 6.10 Å². The zero-order valence-corrected chi connectivity index (χ0v) is 10.8. The molecule has 1 atom stereocenters. The highest BCUT2D eigenvalue weighted by Gasteiger charge is 2.16. The van der Waals surface area contributed by atoms with Gasteiger partial charge in [-0.15, -0.1) is 0 Å². The largest absolute Gasteiger partial charge is 0.369 e. The van der Waals surface area contributed by atoms with E-state index in [0.29, 0.717) is 6.61 Å². The molecule has 0 amide bonds. The number of aromatic amines is 1. The monoisotopic (exact) mass is 249 g/mol. The molecule has 0 aliphatic rings. The van der Waals surface area contributed by atoms with Crippen LogP contribution in [0.3, 0.4) is 0 Å². The van der Waals surface area contributed by atoms with E-state index in [9.17, 15) is 0 Å². The summed E-state index contributed by atoms with van der Waals surface area (Å²) >= 11 is 5.90. The Balaban J connectivity index is 2.35. The maximum atomic E-state index is 5.90. The molecule has 2 rings (SSSR count). The van der Waals surface area contributed by atoms with Crippen LogP contribution in [0.5, 0.6) is 0 Å². The molecule has 90 valence electrons. The number of aryl methyl sites for hydroxylation is 1. The van der Waals surface area contributed by atoms with E-state index in [1.54, 1.807) is 0 Å². The van der Waals surface area contributed by atoms with Crippen LogP contribution in [0.15, 0.2) is 36.5 Å². The van der Waals surface area contributed by atoms with Crippen molar-refractivity contribution in [3.8, 4) is 0 Å². The Kier molecular flexibility index (Phi) is 3.87. The molecule has 1 aromatic carbocycles. The summed E-state index contributed by atoms with van der Waals surface area (Å²) in [6.45, 7) is 4.74. The van der Waals surface area contributed by atoms with Gasteiger partial charge in [0.15, 0.2) is 0 Å². The van der Waals surface area contributed by atoms with Gasteiger partial charge in [0.1, 0.15) is 6.10 Å². The predicted octanol–water partition coefficient (Wildman–Crippen LogP) is 4.10. The highest BCUT2D eigenvalue weighted by Crippen LogP contribution is 2.28. The van der Waals surface area contributed by atoms with Crippen LogP contribution in [0, 0.1) is 6.92 Å². The van der Waals surface area contributed by atoms with Gasteiger partial charge in [-0.25, -0.2) is 0 Å². The number of H-pyrrole nitrogens is 1. The number of benzene rings is 1. The Bertz CT molecular complexity index is 475. The lowest BCUT2D eigenvalue weighted by Crippen LogP contribution is -2.06. The minimum Gasteiger partial charge on any atom is -0.369 e. The first-order chi connectivity index (χ1) is 8.22. The van der Waals surface area contributed by atoms with Gasteiger partial charge in [0.05, 0.1) is 0 Å². The second-order valence-corrected chi connectivity index (χ2v) is 4.38. The molecule has 0 bridgehead atoms. The van der Waals surface area contributed by atoms with Gasteiger partial charge in [0.25, 0.3) is 0 Å². The van der Waals surface area contributed by atoms with Crippen LogP contribution < -0.4 is 0 Å². The highest BCUT2D eigenvalue weighted by molar-refractivity contribution is 6.30. The van der Waals surface area contributed by atoms with Gasteiger partial charge in [-0.1, -0.05) is 23.7 Å². The van der Waals surface area contributed by atoms with E-state index < -0.39 is 0 Å². The molecule has 0 fully saturated rings. The fraction of sp³-hybridized carbons (Fsp3) is 0.286. The Hall–Kier alpha value is -1.25. The molecule has 3 heteroatoms. The van der Waals surface area contributed by atoms with E-state index in [1.807, 2.05) is 37.4 Å². The third-order valence-corrected chi connectivity index (χ3v) is 3.04. The smallest absolute Gasteiger partial charge is 0.109 e. The van der Waals surface area contributed by atoms with E-state index in [2.05, 4.69) is 18.0 Å². The van der Waals surface area contributed by atoms with Crippen molar-refractivity contribution in [3.63, 3.8) is 0 Å². The van der Waals surface area contributed by atoms with Crippen molar-refractivity contribution in [1.29, 1.82) is 0 Å². The molecular weight excluding hydrogens is 234 g/mol. The van der Waals surface area contributed by atoms with Gasteiger partial charge in [-0.2, -0.15) is 0 Å². The van der Waals surface area contributed by atoms with Crippen molar-refractivity contribution in [1.82, 2.24) is 4.98 Å². The van der Waals surface area contributed by atoms with Crippen LogP contribution in [-0.4, -0.2) is 11.6 Å². The number of rotatable bonds is 4. The first kappa shape index (κ1) is 12.2. The minimum atomic E-state index is -0.0245. The molecule has 1 N–H and O–H groups in total. The normalized spacial score (nSPS) is 12.6. The van der Waals surface area contributed by atoms with Crippen molar-refractivity contribution >= 4 is 11.6 Å². The van der Waals surface area contributed by atoms with Crippen LogP contribution >= 0.6 is 11.6 Å². The molecule has 0 saturated carbocycles. The molecule has 2 aromatic rings. The fourth-order valence-corrected chi connectivity index (χ4v) is 2.04. The molecule has 0 saturated heterocycles. The second kappa shape index (κ2) is 5.39. The molecule has 0 aliphatic heterocycles. The summed E-state index contributed by atoms with van der Waals surface area (Å²) in [7, 11) is 0. The second-order valence-electron chi connectivity index (χ2n) is 3.94. The van der Waals surface area contributed by atoms with Gasteiger partial charge in [0.2, 0.25) is 0 Å². The third kappa shape index (κ3) is 2.71. The quantitative estimate of drug-likeness (QED) is 0.867. The molecule has 1 aromatic heterocycles. The van der Waals surface area contributed by atoms with Crippen molar-refractivity contribution < 1.29 is 4.74 Å². The van der Waals surface area contributed by atoms with E-state index in [1.165, 1.54) is 5.56 Å². The van der Waals surface area contributed by atoms with Gasteiger partial charge < -0.3 is 9.72 Å². The highest BCUT2D eigenvalue weighted by atomic mass is 35.5. The van der Waals surface area contributed by atoms with Gasteiger partial charge in [-0.05, 0) is 37.6 Å². The van der Waals surface area contributed by atoms with Crippen LogP contribution in [0.25, 0.3) is 0 Å². The predicted molar refractivity (Wildman–Crippen MR) is 70.5 cm³/mol. The SMILES string of the molecule is CCOC(c1ccc(Cl)cc1)c1cc[nH]c1C. The van der Waals surface area contributed by atoms with Crippen LogP contribution in [-0.2, 0) is 4.74 Å². The van der Waals surface area contributed by atoms with Crippen molar-refractivity contribution in [2.75, 3.05) is 6.61 Å². The number of hydrogen-bond acceptors (Lipinski definition) is 1. The maximum absolute atomic E-state index is 5.90. The van der Waals surface area contributed by atoms with E-state index in [0.717, 1.165) is 16.3 Å². The minimum absolute atomic E-state index is 0.0245. The number of halogens is 1. The third-order valence-electron chi connectivity index (χ3n) is 2.78. The fourth-order valence-electron chi connectivity index (χ4n) is 1.92. The number of hydrogen-bond donors (Lipinski definition) is 1. The Morgan fingerprint density at radius 2 is 1.94 bits per heavy atom. The van der Waals surface area contributed by atoms with Crippen LogP contribution in [0.4, 0.5) is 0 Å². The number of ether oxygens (including phenoxy) is 1. The summed E-state index contributed by atoms with van der Waals surface area (Å²) in [5, 5.41) is 0.745. The molecule has 0 spiro atoms. The molecule has 0 aliphatic carbocycles. The molecule has 1 unspecified atom stereocenters. The first-order valence-corrected chi connectivity index (χ1v) is 6.11. The summed E-state index contributed by atoms with van der Waals surface area (Å²) in [5.74, 6) is 0. The Morgan fingerprint density at radius 1 is 1.24 bits per heavy atom. The summed E-state index contributed by atoms with van der Waals surface area (Å²) < 4.78 is 5.83. The summed E-state index contributed by atoms with van der Waals surface area (Å²) in [5.41, 5.74) is 3.44. The lowest BCUT2D eigenvalue weighted by Gasteiger charge is -2.17. The summed E-state index contributed by atoms with van der Waals surface area (Å²) in [6.07, 6.45) is 1.91. The lowest BCUT2D eigenvalue weighted by atomic mass is 10.0. The van der Waals surface area contributed by atoms with Crippen molar-refractivity contribution in [2.45, 2.75) is 20.0 Å². The molecule has 17 heavy (non-hydrogen) atoms. The van der Waals surface area contributed by atoms with Crippen molar-refractivity contribution in [3.05, 3.63) is 58.4 Å². The molecule has 2 nitrogen and oxygen atoms in total. The van der Waals surface area contributed by atoms with E-state index in [4.69, 9.17) is 16.3 Å². The number of nitrogens with one attached hydrogen (secondary N) is 1. The first-order valence-electron chi connectivity index (χ1n) is 5.73. The maximum Gasteiger partial charge on any atom is 0.109 e. The number of aromatic nitrogens is 1. The summed E-state index contributed by atoms with van der Waals surface area (Å²) in [6, 6.07) is 9.87. The average molecular weight is 250 g/mol. The topological polar surface area (TPSA) is 25.0 Å².